The number of carbonyl (C=O) groups is 2. The van der Waals surface area contributed by atoms with Gasteiger partial charge in [-0.15, -0.1) is 11.8 Å². The van der Waals surface area contributed by atoms with Gasteiger partial charge < -0.3 is 9.80 Å². The van der Waals surface area contributed by atoms with Gasteiger partial charge in [0.05, 0.1) is 5.75 Å². The zero-order chi connectivity index (χ0) is 13.3. The zero-order valence-electron chi connectivity index (χ0n) is 10.6. The molecule has 2 amide bonds. The Morgan fingerprint density at radius 1 is 1.56 bits per heavy atom. The molecule has 0 aromatic carbocycles. The average molecular weight is 284 g/mol. The molecule has 0 unspecified atom stereocenters. The summed E-state index contributed by atoms with van der Waals surface area (Å²) in [5, 5.41) is 4.01. The SMILES string of the molecule is C[C@@H](C(=O)N(C)C)N1C(=O)CS[C@H]1c1ccsc1. The Kier molecular flexibility index (Phi) is 3.97. The smallest absolute Gasteiger partial charge is 0.244 e. The van der Waals surface area contributed by atoms with Crippen molar-refractivity contribution in [3.8, 4) is 0 Å². The first-order valence-electron chi connectivity index (χ1n) is 5.68. The molecule has 0 N–H and O–H groups in total. The van der Waals surface area contributed by atoms with Crippen LogP contribution in [0.5, 0.6) is 0 Å². The van der Waals surface area contributed by atoms with E-state index in [4.69, 9.17) is 0 Å². The van der Waals surface area contributed by atoms with E-state index in [-0.39, 0.29) is 17.2 Å². The number of thioether (sulfide) groups is 1. The van der Waals surface area contributed by atoms with E-state index < -0.39 is 6.04 Å². The first-order valence-corrected chi connectivity index (χ1v) is 7.67. The Morgan fingerprint density at radius 2 is 2.28 bits per heavy atom. The van der Waals surface area contributed by atoms with Gasteiger partial charge in [0.25, 0.3) is 0 Å². The molecule has 1 aromatic rings. The Bertz CT molecular complexity index is 445. The maximum absolute atomic E-state index is 12.0. The molecule has 0 radical (unpaired) electrons. The largest absolute Gasteiger partial charge is 0.347 e. The van der Waals surface area contributed by atoms with E-state index in [0.717, 1.165) is 5.56 Å². The van der Waals surface area contributed by atoms with Gasteiger partial charge >= 0.3 is 0 Å². The van der Waals surface area contributed by atoms with Gasteiger partial charge in [0.1, 0.15) is 11.4 Å². The predicted molar refractivity (Wildman–Crippen MR) is 74.5 cm³/mol. The third kappa shape index (κ3) is 2.40. The monoisotopic (exact) mass is 284 g/mol. The topological polar surface area (TPSA) is 40.6 Å². The molecular weight excluding hydrogens is 268 g/mol. The number of carbonyl (C=O) groups excluding carboxylic acids is 2. The summed E-state index contributed by atoms with van der Waals surface area (Å²) in [6.45, 7) is 1.80. The summed E-state index contributed by atoms with van der Waals surface area (Å²) >= 11 is 3.20. The number of likely N-dealkylation sites (N-methyl/N-ethyl adjacent to an activating group) is 1. The normalized spacial score (nSPS) is 21.2. The zero-order valence-corrected chi connectivity index (χ0v) is 12.3. The number of hydrogen-bond donors (Lipinski definition) is 0. The van der Waals surface area contributed by atoms with Crippen LogP contribution in [-0.2, 0) is 9.59 Å². The molecule has 2 atom stereocenters. The van der Waals surface area contributed by atoms with Crippen molar-refractivity contribution >= 4 is 34.9 Å². The molecule has 1 aliphatic rings. The summed E-state index contributed by atoms with van der Waals surface area (Å²) in [6, 6.07) is 1.60. The van der Waals surface area contributed by atoms with Crippen LogP contribution >= 0.6 is 23.1 Å². The number of hydrogen-bond acceptors (Lipinski definition) is 4. The van der Waals surface area contributed by atoms with Crippen LogP contribution in [0, 0.1) is 0 Å². The molecule has 0 saturated carbocycles. The standard InChI is InChI=1S/C12H16N2O2S2/c1-8(11(16)13(2)3)14-10(15)7-18-12(14)9-4-5-17-6-9/h4-6,8,12H,7H2,1-3H3/t8-,12-/m0/s1. The third-order valence-electron chi connectivity index (χ3n) is 2.95. The molecule has 2 heterocycles. The summed E-state index contributed by atoms with van der Waals surface area (Å²) in [7, 11) is 3.43. The second-order valence-corrected chi connectivity index (χ2v) is 6.28. The second kappa shape index (κ2) is 5.32. The van der Waals surface area contributed by atoms with Gasteiger partial charge in [-0.25, -0.2) is 0 Å². The molecule has 0 bridgehead atoms. The fraction of sp³-hybridized carbons (Fsp3) is 0.500. The van der Waals surface area contributed by atoms with Crippen molar-refractivity contribution in [2.24, 2.45) is 0 Å². The van der Waals surface area contributed by atoms with Crippen LogP contribution in [0.25, 0.3) is 0 Å². The number of rotatable bonds is 3. The van der Waals surface area contributed by atoms with Crippen LogP contribution < -0.4 is 0 Å². The quantitative estimate of drug-likeness (QED) is 0.850. The summed E-state index contributed by atoms with van der Waals surface area (Å²) in [5.74, 6) is 0.455. The lowest BCUT2D eigenvalue weighted by molar-refractivity contribution is -0.142. The van der Waals surface area contributed by atoms with Crippen molar-refractivity contribution in [2.45, 2.75) is 18.3 Å². The molecule has 1 aliphatic heterocycles. The van der Waals surface area contributed by atoms with E-state index in [2.05, 4.69) is 0 Å². The highest BCUT2D eigenvalue weighted by Crippen LogP contribution is 2.40. The molecule has 1 aromatic heterocycles. The third-order valence-corrected chi connectivity index (χ3v) is 4.88. The minimum atomic E-state index is -0.410. The van der Waals surface area contributed by atoms with Gasteiger partial charge in [0, 0.05) is 14.1 Å². The van der Waals surface area contributed by atoms with E-state index in [1.54, 1.807) is 49.0 Å². The second-order valence-electron chi connectivity index (χ2n) is 4.43. The van der Waals surface area contributed by atoms with Gasteiger partial charge in [-0.2, -0.15) is 11.3 Å². The van der Waals surface area contributed by atoms with Crippen LogP contribution in [0.15, 0.2) is 16.8 Å². The maximum atomic E-state index is 12.0. The Balaban J connectivity index is 2.23. The maximum Gasteiger partial charge on any atom is 0.244 e. The van der Waals surface area contributed by atoms with E-state index >= 15 is 0 Å². The summed E-state index contributed by atoms with van der Waals surface area (Å²) < 4.78 is 0. The minimum Gasteiger partial charge on any atom is -0.347 e. The first-order chi connectivity index (χ1) is 8.52. The van der Waals surface area contributed by atoms with Gasteiger partial charge in [-0.1, -0.05) is 0 Å². The lowest BCUT2D eigenvalue weighted by Gasteiger charge is -2.30. The highest BCUT2D eigenvalue weighted by Gasteiger charge is 2.39. The fourth-order valence-electron chi connectivity index (χ4n) is 2.02. The van der Waals surface area contributed by atoms with Crippen LogP contribution in [0.4, 0.5) is 0 Å². The van der Waals surface area contributed by atoms with Gasteiger partial charge in [-0.3, -0.25) is 9.59 Å². The van der Waals surface area contributed by atoms with Crippen LogP contribution in [0.2, 0.25) is 0 Å². The van der Waals surface area contributed by atoms with Crippen molar-refractivity contribution in [1.29, 1.82) is 0 Å². The Morgan fingerprint density at radius 3 is 2.83 bits per heavy atom. The van der Waals surface area contributed by atoms with Crippen molar-refractivity contribution < 1.29 is 9.59 Å². The molecule has 0 spiro atoms. The van der Waals surface area contributed by atoms with E-state index in [1.807, 2.05) is 16.8 Å². The highest BCUT2D eigenvalue weighted by atomic mass is 32.2. The summed E-state index contributed by atoms with van der Waals surface area (Å²) in [4.78, 5) is 27.2. The lowest BCUT2D eigenvalue weighted by atomic mass is 10.2. The fourth-order valence-corrected chi connectivity index (χ4v) is 4.03. The molecule has 2 rings (SSSR count). The van der Waals surface area contributed by atoms with Crippen molar-refractivity contribution in [2.75, 3.05) is 19.8 Å². The van der Waals surface area contributed by atoms with Crippen LogP contribution in [0.1, 0.15) is 17.9 Å². The van der Waals surface area contributed by atoms with E-state index in [1.165, 1.54) is 4.90 Å². The molecule has 1 fully saturated rings. The molecule has 0 aliphatic carbocycles. The lowest BCUT2D eigenvalue weighted by Crippen LogP contribution is -2.46. The Hall–Kier alpha value is -1.01. The molecule has 18 heavy (non-hydrogen) atoms. The first kappa shape index (κ1) is 13.4. The van der Waals surface area contributed by atoms with Gasteiger partial charge in [0.2, 0.25) is 11.8 Å². The van der Waals surface area contributed by atoms with Crippen LogP contribution in [0.3, 0.4) is 0 Å². The van der Waals surface area contributed by atoms with E-state index in [0.29, 0.717) is 5.75 Å². The highest BCUT2D eigenvalue weighted by molar-refractivity contribution is 8.00. The van der Waals surface area contributed by atoms with Crippen molar-refractivity contribution in [3.05, 3.63) is 22.4 Å². The Labute approximate surface area is 115 Å². The number of nitrogens with zero attached hydrogens (tertiary/aromatic N) is 2. The molecule has 1 saturated heterocycles. The number of thiophene rings is 1. The van der Waals surface area contributed by atoms with Gasteiger partial charge in [-0.05, 0) is 29.3 Å². The average Bonchev–Trinajstić information content (AvgIpc) is 2.95. The molecule has 6 heteroatoms. The molecular formula is C12H16N2O2S2. The van der Waals surface area contributed by atoms with Gasteiger partial charge in [0.15, 0.2) is 0 Å². The summed E-state index contributed by atoms with van der Waals surface area (Å²) in [5.41, 5.74) is 1.11. The number of amides is 2. The summed E-state index contributed by atoms with van der Waals surface area (Å²) in [6.07, 6.45) is 0. The van der Waals surface area contributed by atoms with Crippen LogP contribution in [-0.4, -0.2) is 47.5 Å². The molecule has 98 valence electrons. The molecule has 4 nitrogen and oxygen atoms in total. The van der Waals surface area contributed by atoms with E-state index in [9.17, 15) is 9.59 Å². The predicted octanol–water partition coefficient (Wildman–Crippen LogP) is 1.80. The minimum absolute atomic E-state index is 0.0253. The van der Waals surface area contributed by atoms with Crippen molar-refractivity contribution in [1.82, 2.24) is 9.80 Å². The van der Waals surface area contributed by atoms with Crippen molar-refractivity contribution in [3.63, 3.8) is 0 Å².